The molecule has 0 unspecified atom stereocenters. The summed E-state index contributed by atoms with van der Waals surface area (Å²) < 4.78 is 13.2. The SMILES string of the molecule is COc1ccc(-c2cnn(C3CCN(C(=O)c4ccc5oc(C(=O)NC6CCN(Cc7ccc(C#N)cc7)CC6)cc5c4)CC3)c2)cc1. The van der Waals surface area contributed by atoms with Crippen LogP contribution < -0.4 is 10.1 Å². The Hall–Kier alpha value is -5.40. The summed E-state index contributed by atoms with van der Waals surface area (Å²) in [5.41, 5.74) is 5.15. The van der Waals surface area contributed by atoms with Crippen molar-refractivity contribution in [2.75, 3.05) is 33.3 Å². The molecule has 7 rings (SSSR count). The second-order valence-electron chi connectivity index (χ2n) is 12.7. The van der Waals surface area contributed by atoms with E-state index in [1.807, 2.05) is 70.4 Å². The number of benzene rings is 3. The number of methoxy groups -OCH3 is 1. The van der Waals surface area contributed by atoms with E-state index in [0.29, 0.717) is 29.8 Å². The Morgan fingerprint density at radius 2 is 1.69 bits per heavy atom. The Bertz CT molecular complexity index is 1940. The Balaban J connectivity index is 0.909. The maximum absolute atomic E-state index is 13.5. The number of piperidine rings is 2. The van der Waals surface area contributed by atoms with Crippen LogP contribution in [-0.2, 0) is 6.54 Å². The molecule has 0 aliphatic carbocycles. The van der Waals surface area contributed by atoms with E-state index in [2.05, 4.69) is 27.6 Å². The molecule has 1 N–H and O–H groups in total. The molecule has 0 saturated carbocycles. The van der Waals surface area contributed by atoms with E-state index in [-0.39, 0.29) is 29.7 Å². The highest BCUT2D eigenvalue weighted by Crippen LogP contribution is 2.28. The largest absolute Gasteiger partial charge is 0.497 e. The third-order valence-corrected chi connectivity index (χ3v) is 9.55. The first-order valence-electron chi connectivity index (χ1n) is 16.5. The lowest BCUT2D eigenvalue weighted by Crippen LogP contribution is -2.44. The average Bonchev–Trinajstić information content (AvgIpc) is 3.81. The fraction of sp³-hybridized carbons (Fsp3) is 0.316. The molecule has 2 aromatic heterocycles. The van der Waals surface area contributed by atoms with Crippen molar-refractivity contribution in [1.82, 2.24) is 24.9 Å². The van der Waals surface area contributed by atoms with Crippen LogP contribution in [0.2, 0.25) is 0 Å². The number of hydrogen-bond donors (Lipinski definition) is 1. The van der Waals surface area contributed by atoms with Gasteiger partial charge in [-0.05, 0) is 85.3 Å². The number of likely N-dealkylation sites (tertiary alicyclic amines) is 2. The van der Waals surface area contributed by atoms with Crippen LogP contribution in [0.25, 0.3) is 22.1 Å². The predicted molar refractivity (Wildman–Crippen MR) is 182 cm³/mol. The Kier molecular flexibility index (Phi) is 8.95. The van der Waals surface area contributed by atoms with Crippen molar-refractivity contribution in [2.24, 2.45) is 0 Å². The van der Waals surface area contributed by atoms with Crippen LogP contribution in [0.4, 0.5) is 0 Å². The molecule has 0 spiro atoms. The number of fused-ring (bicyclic) bond motifs is 1. The van der Waals surface area contributed by atoms with Crippen molar-refractivity contribution in [3.05, 3.63) is 108 Å². The van der Waals surface area contributed by atoms with Crippen molar-refractivity contribution < 1.29 is 18.7 Å². The summed E-state index contributed by atoms with van der Waals surface area (Å²) >= 11 is 0. The normalized spacial score (nSPS) is 16.1. The van der Waals surface area contributed by atoms with Crippen LogP contribution in [-0.4, -0.2) is 70.7 Å². The maximum atomic E-state index is 13.5. The fourth-order valence-corrected chi connectivity index (χ4v) is 6.71. The van der Waals surface area contributed by atoms with Gasteiger partial charge in [0.2, 0.25) is 0 Å². The number of amides is 2. The maximum Gasteiger partial charge on any atom is 0.287 e. The van der Waals surface area contributed by atoms with E-state index in [4.69, 9.17) is 14.4 Å². The molecule has 0 radical (unpaired) electrons. The molecule has 2 aliphatic heterocycles. The fourth-order valence-electron chi connectivity index (χ4n) is 6.71. The molecular weight excluding hydrogens is 604 g/mol. The van der Waals surface area contributed by atoms with Crippen LogP contribution in [0.1, 0.15) is 63.8 Å². The topological polar surface area (TPSA) is 117 Å². The highest BCUT2D eigenvalue weighted by atomic mass is 16.5. The average molecular weight is 643 g/mol. The first-order valence-corrected chi connectivity index (χ1v) is 16.5. The highest BCUT2D eigenvalue weighted by Gasteiger charge is 2.27. The van der Waals surface area contributed by atoms with Crippen LogP contribution in [0.15, 0.2) is 89.6 Å². The number of nitriles is 1. The minimum Gasteiger partial charge on any atom is -0.497 e. The number of carbonyl (C=O) groups is 2. The van der Waals surface area contributed by atoms with Crippen LogP contribution in [0, 0.1) is 11.3 Å². The van der Waals surface area contributed by atoms with Crippen molar-refractivity contribution in [3.8, 4) is 22.9 Å². The third-order valence-electron chi connectivity index (χ3n) is 9.55. The van der Waals surface area contributed by atoms with E-state index in [9.17, 15) is 9.59 Å². The molecule has 0 bridgehead atoms. The molecular formula is C38H38N6O4. The van der Waals surface area contributed by atoms with Gasteiger partial charge < -0.3 is 19.4 Å². The van der Waals surface area contributed by atoms with Crippen molar-refractivity contribution in [3.63, 3.8) is 0 Å². The van der Waals surface area contributed by atoms with E-state index in [1.165, 1.54) is 5.56 Å². The Morgan fingerprint density at radius 1 is 0.938 bits per heavy atom. The van der Waals surface area contributed by atoms with Gasteiger partial charge in [-0.3, -0.25) is 19.2 Å². The summed E-state index contributed by atoms with van der Waals surface area (Å²) in [5.74, 6) is 0.820. The number of aromatic nitrogens is 2. The summed E-state index contributed by atoms with van der Waals surface area (Å²) in [6.45, 7) is 3.86. The molecule has 244 valence electrons. The minimum atomic E-state index is -0.236. The minimum absolute atomic E-state index is 0.0188. The molecule has 2 amide bonds. The molecule has 4 heterocycles. The smallest absolute Gasteiger partial charge is 0.287 e. The van der Waals surface area contributed by atoms with Gasteiger partial charge in [-0.1, -0.05) is 24.3 Å². The van der Waals surface area contributed by atoms with Crippen molar-refractivity contribution in [2.45, 2.75) is 44.3 Å². The van der Waals surface area contributed by atoms with Gasteiger partial charge in [0, 0.05) is 61.5 Å². The van der Waals surface area contributed by atoms with Gasteiger partial charge in [-0.25, -0.2) is 0 Å². The van der Waals surface area contributed by atoms with E-state index >= 15 is 0 Å². The van der Waals surface area contributed by atoms with E-state index in [1.54, 1.807) is 25.3 Å². The number of furan rings is 1. The van der Waals surface area contributed by atoms with Gasteiger partial charge in [-0.2, -0.15) is 10.4 Å². The monoisotopic (exact) mass is 642 g/mol. The Labute approximate surface area is 279 Å². The van der Waals surface area contributed by atoms with Gasteiger partial charge in [0.25, 0.3) is 11.8 Å². The van der Waals surface area contributed by atoms with Gasteiger partial charge in [0.05, 0.1) is 31.0 Å². The van der Waals surface area contributed by atoms with Crippen LogP contribution in [0.3, 0.4) is 0 Å². The zero-order valence-electron chi connectivity index (χ0n) is 27.0. The lowest BCUT2D eigenvalue weighted by atomic mass is 10.0. The number of rotatable bonds is 8. The lowest BCUT2D eigenvalue weighted by Gasteiger charge is -2.32. The van der Waals surface area contributed by atoms with Crippen molar-refractivity contribution >= 4 is 22.8 Å². The summed E-state index contributed by atoms with van der Waals surface area (Å²) in [4.78, 5) is 30.8. The van der Waals surface area contributed by atoms with Crippen LogP contribution >= 0.6 is 0 Å². The molecule has 48 heavy (non-hydrogen) atoms. The van der Waals surface area contributed by atoms with Gasteiger partial charge in [0.15, 0.2) is 5.76 Å². The molecule has 10 heteroatoms. The highest BCUT2D eigenvalue weighted by molar-refractivity contribution is 6.00. The van der Waals surface area contributed by atoms with Gasteiger partial charge >= 0.3 is 0 Å². The lowest BCUT2D eigenvalue weighted by molar-refractivity contribution is 0.0690. The summed E-state index contributed by atoms with van der Waals surface area (Å²) in [6.07, 6.45) is 7.30. The molecule has 2 fully saturated rings. The predicted octanol–water partition coefficient (Wildman–Crippen LogP) is 6.05. The number of ether oxygens (including phenoxy) is 1. The first-order chi connectivity index (χ1) is 23.4. The number of carbonyl (C=O) groups excluding carboxylic acids is 2. The number of nitrogens with one attached hydrogen (secondary N) is 1. The molecule has 5 aromatic rings. The molecule has 2 aliphatic rings. The molecule has 3 aromatic carbocycles. The zero-order chi connectivity index (χ0) is 33.0. The Morgan fingerprint density at radius 3 is 2.40 bits per heavy atom. The van der Waals surface area contributed by atoms with E-state index < -0.39 is 0 Å². The molecule has 10 nitrogen and oxygen atoms in total. The standard InChI is InChI=1S/C38H38N6O4/c1-47-34-9-6-28(7-10-34)31-23-40-44(25-31)33-14-18-43(19-15-33)38(46)29-8-11-35-30(20-29)21-36(48-35)37(45)41-32-12-16-42(17-13-32)24-27-4-2-26(22-39)3-5-27/h2-11,20-21,23,25,32-33H,12-19,24H2,1H3,(H,41,45). The molecule has 0 atom stereocenters. The summed E-state index contributed by atoms with van der Waals surface area (Å²) in [7, 11) is 1.66. The van der Waals surface area contributed by atoms with E-state index in [0.717, 1.165) is 67.6 Å². The first kappa shape index (κ1) is 31.2. The van der Waals surface area contributed by atoms with Crippen molar-refractivity contribution in [1.29, 1.82) is 5.26 Å². The quantitative estimate of drug-likeness (QED) is 0.219. The second-order valence-corrected chi connectivity index (χ2v) is 12.7. The van der Waals surface area contributed by atoms with Gasteiger partial charge in [0.1, 0.15) is 11.3 Å². The number of hydrogen-bond acceptors (Lipinski definition) is 7. The van der Waals surface area contributed by atoms with Crippen LogP contribution in [0.5, 0.6) is 5.75 Å². The second kappa shape index (κ2) is 13.8. The summed E-state index contributed by atoms with van der Waals surface area (Å²) in [5, 5.41) is 17.5. The molecule has 2 saturated heterocycles. The number of nitrogens with zero attached hydrogens (tertiary/aromatic N) is 5. The van der Waals surface area contributed by atoms with Gasteiger partial charge in [-0.15, -0.1) is 0 Å². The zero-order valence-corrected chi connectivity index (χ0v) is 27.0. The summed E-state index contributed by atoms with van der Waals surface area (Å²) in [6, 6.07) is 25.2. The third kappa shape index (κ3) is 6.82.